The van der Waals surface area contributed by atoms with Crippen LogP contribution in [0.3, 0.4) is 0 Å². The van der Waals surface area contributed by atoms with E-state index in [-0.39, 0.29) is 11.1 Å². The van der Waals surface area contributed by atoms with Gasteiger partial charge in [-0.25, -0.2) is 0 Å². The highest BCUT2D eigenvalue weighted by Gasteiger charge is 2.21. The van der Waals surface area contributed by atoms with Crippen LogP contribution in [0, 0.1) is 10.1 Å². The van der Waals surface area contributed by atoms with Crippen molar-refractivity contribution in [1.29, 1.82) is 0 Å². The van der Waals surface area contributed by atoms with Crippen LogP contribution >= 0.6 is 0 Å². The van der Waals surface area contributed by atoms with Gasteiger partial charge in [-0.2, -0.15) is 0 Å². The third-order valence-corrected chi connectivity index (χ3v) is 3.01. The largest absolute Gasteiger partial charge is 0.496 e. The van der Waals surface area contributed by atoms with Gasteiger partial charge in [0.05, 0.1) is 19.1 Å². The predicted octanol–water partition coefficient (Wildman–Crippen LogP) is 3.64. The van der Waals surface area contributed by atoms with Gasteiger partial charge in [0.25, 0.3) is 0 Å². The second-order valence-corrected chi connectivity index (χ2v) is 5.59. The topological polar surface area (TPSA) is 61.6 Å². The molecule has 0 radical (unpaired) electrons. The first-order valence-corrected chi connectivity index (χ1v) is 6.30. The van der Waals surface area contributed by atoms with E-state index in [2.05, 4.69) is 20.8 Å². The zero-order chi connectivity index (χ0) is 15.5. The Balaban J connectivity index is 3.49. The number of ether oxygens (including phenoxy) is 2. The molecule has 110 valence electrons. The molecule has 20 heavy (non-hydrogen) atoms. The van der Waals surface area contributed by atoms with Crippen molar-refractivity contribution in [3.8, 4) is 11.5 Å². The van der Waals surface area contributed by atoms with Gasteiger partial charge in [0, 0.05) is 24.1 Å². The normalized spacial score (nSPS) is 12.2. The third kappa shape index (κ3) is 3.50. The monoisotopic (exact) mass is 279 g/mol. The molecular formula is C15H21NO4. The van der Waals surface area contributed by atoms with Gasteiger partial charge in [-0.1, -0.05) is 20.8 Å². The van der Waals surface area contributed by atoms with Gasteiger partial charge in [0.1, 0.15) is 11.5 Å². The Labute approximate surface area is 119 Å². The Bertz CT molecular complexity index is 542. The summed E-state index contributed by atoms with van der Waals surface area (Å²) in [6.45, 7) is 7.66. The number of hydrogen-bond acceptors (Lipinski definition) is 4. The average Bonchev–Trinajstić information content (AvgIpc) is 2.36. The summed E-state index contributed by atoms with van der Waals surface area (Å²) in [6, 6.07) is 3.64. The zero-order valence-electron chi connectivity index (χ0n) is 12.8. The fourth-order valence-corrected chi connectivity index (χ4v) is 1.90. The lowest BCUT2D eigenvalue weighted by molar-refractivity contribution is -0.422. The van der Waals surface area contributed by atoms with Gasteiger partial charge in [-0.05, 0) is 17.5 Å². The van der Waals surface area contributed by atoms with Crippen molar-refractivity contribution in [1.82, 2.24) is 0 Å². The predicted molar refractivity (Wildman–Crippen MR) is 78.9 cm³/mol. The molecular weight excluding hydrogens is 258 g/mol. The molecule has 0 unspecified atom stereocenters. The van der Waals surface area contributed by atoms with Crippen LogP contribution < -0.4 is 9.47 Å². The molecule has 1 aromatic carbocycles. The van der Waals surface area contributed by atoms with Crippen LogP contribution in [0.5, 0.6) is 11.5 Å². The van der Waals surface area contributed by atoms with Crippen molar-refractivity contribution < 1.29 is 14.4 Å². The fourth-order valence-electron chi connectivity index (χ4n) is 1.90. The lowest BCUT2D eigenvalue weighted by atomic mass is 9.85. The maximum atomic E-state index is 10.7. The van der Waals surface area contributed by atoms with E-state index in [1.54, 1.807) is 20.3 Å². The molecule has 1 aromatic rings. The summed E-state index contributed by atoms with van der Waals surface area (Å²) in [7, 11) is 3.14. The van der Waals surface area contributed by atoms with Gasteiger partial charge in [0.15, 0.2) is 0 Å². The van der Waals surface area contributed by atoms with E-state index in [0.717, 1.165) is 5.56 Å². The van der Waals surface area contributed by atoms with Crippen LogP contribution in [-0.4, -0.2) is 19.1 Å². The van der Waals surface area contributed by atoms with E-state index in [1.165, 1.54) is 13.0 Å². The standard InChI is InChI=1S/C15H21NO4/c1-10(16(17)18)7-11-8-14(20-6)12(15(2,3)4)9-13(11)19-5/h7-9H,1-6H3/b10-7+. The van der Waals surface area contributed by atoms with E-state index in [0.29, 0.717) is 17.1 Å². The minimum absolute atomic E-state index is 0.0499. The molecule has 0 heterocycles. The molecule has 0 N–H and O–H groups in total. The molecule has 0 aliphatic heterocycles. The number of rotatable bonds is 4. The first-order chi connectivity index (χ1) is 9.20. The number of benzene rings is 1. The van der Waals surface area contributed by atoms with E-state index in [4.69, 9.17) is 9.47 Å². The fraction of sp³-hybridized carbons (Fsp3) is 0.467. The number of methoxy groups -OCH3 is 2. The molecule has 0 saturated heterocycles. The second-order valence-electron chi connectivity index (χ2n) is 5.59. The molecule has 0 atom stereocenters. The quantitative estimate of drug-likeness (QED) is 0.623. The van der Waals surface area contributed by atoms with Crippen molar-refractivity contribution in [2.45, 2.75) is 33.1 Å². The molecule has 5 nitrogen and oxygen atoms in total. The molecule has 0 saturated carbocycles. The van der Waals surface area contributed by atoms with Crippen LogP contribution in [0.2, 0.25) is 0 Å². The highest BCUT2D eigenvalue weighted by atomic mass is 16.6. The molecule has 1 rings (SSSR count). The van der Waals surface area contributed by atoms with Gasteiger partial charge in [-0.3, -0.25) is 10.1 Å². The first kappa shape index (κ1) is 16.0. The van der Waals surface area contributed by atoms with E-state index >= 15 is 0 Å². The van der Waals surface area contributed by atoms with Crippen molar-refractivity contribution >= 4 is 6.08 Å². The smallest absolute Gasteiger partial charge is 0.243 e. The van der Waals surface area contributed by atoms with E-state index < -0.39 is 4.92 Å². The lowest BCUT2D eigenvalue weighted by Crippen LogP contribution is -2.13. The summed E-state index contributed by atoms with van der Waals surface area (Å²) in [5.74, 6) is 1.29. The Morgan fingerprint density at radius 2 is 1.75 bits per heavy atom. The van der Waals surface area contributed by atoms with Gasteiger partial charge in [-0.15, -0.1) is 0 Å². The molecule has 0 aliphatic carbocycles. The average molecular weight is 279 g/mol. The van der Waals surface area contributed by atoms with Crippen molar-refractivity contribution in [3.05, 3.63) is 39.1 Å². The van der Waals surface area contributed by atoms with Crippen LogP contribution in [-0.2, 0) is 5.41 Å². The molecule has 0 fully saturated rings. The number of allylic oxidation sites excluding steroid dienone is 1. The van der Waals surface area contributed by atoms with Gasteiger partial charge in [0.2, 0.25) is 5.70 Å². The van der Waals surface area contributed by atoms with E-state index in [1.807, 2.05) is 6.07 Å². The zero-order valence-corrected chi connectivity index (χ0v) is 12.8. The summed E-state index contributed by atoms with van der Waals surface area (Å²) in [5, 5.41) is 10.7. The molecule has 0 aromatic heterocycles. The third-order valence-electron chi connectivity index (χ3n) is 3.01. The summed E-state index contributed by atoms with van der Waals surface area (Å²) >= 11 is 0. The molecule has 5 heteroatoms. The summed E-state index contributed by atoms with van der Waals surface area (Å²) < 4.78 is 10.7. The summed E-state index contributed by atoms with van der Waals surface area (Å²) in [6.07, 6.45) is 1.48. The highest BCUT2D eigenvalue weighted by molar-refractivity contribution is 5.63. The van der Waals surface area contributed by atoms with Crippen LogP contribution in [0.15, 0.2) is 17.8 Å². The maximum absolute atomic E-state index is 10.7. The molecule has 0 spiro atoms. The van der Waals surface area contributed by atoms with Gasteiger partial charge >= 0.3 is 0 Å². The second kappa shape index (κ2) is 5.94. The van der Waals surface area contributed by atoms with E-state index in [9.17, 15) is 10.1 Å². The van der Waals surface area contributed by atoms with Crippen LogP contribution in [0.4, 0.5) is 0 Å². The summed E-state index contributed by atoms with van der Waals surface area (Å²) in [4.78, 5) is 10.3. The van der Waals surface area contributed by atoms with Crippen molar-refractivity contribution in [3.63, 3.8) is 0 Å². The Hall–Kier alpha value is -2.04. The maximum Gasteiger partial charge on any atom is 0.243 e. The molecule has 0 bridgehead atoms. The van der Waals surface area contributed by atoms with Crippen LogP contribution in [0.1, 0.15) is 38.8 Å². The van der Waals surface area contributed by atoms with Crippen LogP contribution in [0.25, 0.3) is 6.08 Å². The number of nitro groups is 1. The van der Waals surface area contributed by atoms with Gasteiger partial charge < -0.3 is 9.47 Å². The van der Waals surface area contributed by atoms with Crippen molar-refractivity contribution in [2.75, 3.05) is 14.2 Å². The molecule has 0 aliphatic rings. The van der Waals surface area contributed by atoms with Crippen molar-refractivity contribution in [2.24, 2.45) is 0 Å². The molecule has 0 amide bonds. The Morgan fingerprint density at radius 1 is 1.20 bits per heavy atom. The summed E-state index contributed by atoms with van der Waals surface area (Å²) in [5.41, 5.74) is 1.56. The lowest BCUT2D eigenvalue weighted by Gasteiger charge is -2.23. The Morgan fingerprint density at radius 3 is 2.15 bits per heavy atom. The highest BCUT2D eigenvalue weighted by Crippen LogP contribution is 2.37. The SMILES string of the molecule is COc1cc(C(C)(C)C)c(OC)cc1/C=C(\C)[N+](=O)[O-]. The minimum Gasteiger partial charge on any atom is -0.496 e. The Kier molecular flexibility index (Phi) is 4.76. The minimum atomic E-state index is -0.427. The first-order valence-electron chi connectivity index (χ1n) is 6.30. The number of hydrogen-bond donors (Lipinski definition) is 0. The number of nitrogens with zero attached hydrogens (tertiary/aromatic N) is 1.